The van der Waals surface area contributed by atoms with E-state index in [1.54, 1.807) is 0 Å². The van der Waals surface area contributed by atoms with Crippen LogP contribution in [-0.4, -0.2) is 0 Å². The number of hydrogen-bond donors (Lipinski definition) is 0. The molecule has 0 aliphatic rings. The summed E-state index contributed by atoms with van der Waals surface area (Å²) in [6.07, 6.45) is 0. The minimum atomic E-state index is 1.12. The molecule has 0 N–H and O–H groups in total. The van der Waals surface area contributed by atoms with Crippen molar-refractivity contribution in [1.82, 2.24) is 0 Å². The molecule has 0 unspecified atom stereocenters. The SMILES string of the molecule is C/C(=C(/C(C)=C(\C)c1ccccc1)c1ccc(N(c2ccccc2)c2ccc3ccccc3c2)cc1)c1ccccc1. The highest BCUT2D eigenvalue weighted by Gasteiger charge is 2.16. The first-order valence-electron chi connectivity index (χ1n) is 14.5. The van der Waals surface area contributed by atoms with Gasteiger partial charge in [-0.1, -0.05) is 121 Å². The molecule has 1 heteroatoms. The molecule has 0 saturated carbocycles. The molecular formula is C41H35N. The van der Waals surface area contributed by atoms with Crippen LogP contribution in [-0.2, 0) is 0 Å². The van der Waals surface area contributed by atoms with Crippen LogP contribution in [0.4, 0.5) is 17.1 Å². The lowest BCUT2D eigenvalue weighted by Crippen LogP contribution is -2.09. The largest absolute Gasteiger partial charge is 0.310 e. The van der Waals surface area contributed by atoms with Gasteiger partial charge >= 0.3 is 0 Å². The lowest BCUT2D eigenvalue weighted by molar-refractivity contribution is 1.28. The fraction of sp³-hybridized carbons (Fsp3) is 0.0732. The Labute approximate surface area is 249 Å². The van der Waals surface area contributed by atoms with Gasteiger partial charge in [0.2, 0.25) is 0 Å². The quantitative estimate of drug-likeness (QED) is 0.143. The summed E-state index contributed by atoms with van der Waals surface area (Å²) in [5.41, 5.74) is 12.2. The van der Waals surface area contributed by atoms with E-state index >= 15 is 0 Å². The standard InChI is InChI=1S/C41H35N/c1-30(33-15-7-4-8-16-33)31(2)41(32(3)34-17-9-5-10-18-34)36-24-26-39(27-25-36)42(38-21-11-6-12-22-38)40-28-23-35-19-13-14-20-37(35)29-40/h4-29H,1-3H3/b31-30+,41-32+. The van der Waals surface area contributed by atoms with Crippen LogP contribution in [0.15, 0.2) is 163 Å². The van der Waals surface area contributed by atoms with Crippen molar-refractivity contribution in [3.63, 3.8) is 0 Å². The highest BCUT2D eigenvalue weighted by atomic mass is 15.1. The van der Waals surface area contributed by atoms with E-state index in [2.05, 4.69) is 183 Å². The summed E-state index contributed by atoms with van der Waals surface area (Å²) in [5.74, 6) is 0. The molecule has 0 aliphatic carbocycles. The predicted molar refractivity (Wildman–Crippen MR) is 182 cm³/mol. The normalized spacial score (nSPS) is 12.5. The zero-order valence-corrected chi connectivity index (χ0v) is 24.5. The van der Waals surface area contributed by atoms with E-state index in [0.717, 1.165) is 17.1 Å². The Bertz CT molecular complexity index is 1860. The van der Waals surface area contributed by atoms with Gasteiger partial charge in [-0.15, -0.1) is 0 Å². The van der Waals surface area contributed by atoms with Crippen molar-refractivity contribution in [2.45, 2.75) is 20.8 Å². The molecule has 0 aromatic heterocycles. The van der Waals surface area contributed by atoms with Crippen LogP contribution >= 0.6 is 0 Å². The van der Waals surface area contributed by atoms with Gasteiger partial charge < -0.3 is 4.90 Å². The first-order chi connectivity index (χ1) is 20.6. The van der Waals surface area contributed by atoms with E-state index < -0.39 is 0 Å². The van der Waals surface area contributed by atoms with Crippen LogP contribution in [0.25, 0.3) is 27.5 Å². The number of fused-ring (bicyclic) bond motifs is 1. The maximum Gasteiger partial charge on any atom is 0.0468 e. The maximum absolute atomic E-state index is 2.33. The first kappa shape index (κ1) is 27.1. The number of para-hydroxylation sites is 1. The number of benzene rings is 6. The number of anilines is 3. The van der Waals surface area contributed by atoms with E-state index in [1.165, 1.54) is 49.8 Å². The lowest BCUT2D eigenvalue weighted by Gasteiger charge is -2.26. The first-order valence-corrected chi connectivity index (χ1v) is 14.5. The van der Waals surface area contributed by atoms with Gasteiger partial charge in [-0.3, -0.25) is 0 Å². The van der Waals surface area contributed by atoms with Crippen LogP contribution in [0.1, 0.15) is 37.5 Å². The average Bonchev–Trinajstić information content (AvgIpc) is 3.06. The van der Waals surface area contributed by atoms with Gasteiger partial charge in [0.1, 0.15) is 0 Å². The summed E-state index contributed by atoms with van der Waals surface area (Å²) < 4.78 is 0. The van der Waals surface area contributed by atoms with Crippen LogP contribution in [0, 0.1) is 0 Å². The van der Waals surface area contributed by atoms with Crippen molar-refractivity contribution in [3.8, 4) is 0 Å². The summed E-state index contributed by atoms with van der Waals surface area (Å²) in [4.78, 5) is 2.33. The number of nitrogens with zero attached hydrogens (tertiary/aromatic N) is 1. The number of allylic oxidation sites excluding steroid dienone is 4. The van der Waals surface area contributed by atoms with Gasteiger partial charge in [0.05, 0.1) is 0 Å². The van der Waals surface area contributed by atoms with Crippen molar-refractivity contribution in [1.29, 1.82) is 0 Å². The van der Waals surface area contributed by atoms with Gasteiger partial charge in [0, 0.05) is 17.1 Å². The molecule has 0 bridgehead atoms. The Morgan fingerprint density at radius 3 is 1.48 bits per heavy atom. The van der Waals surface area contributed by atoms with Crippen LogP contribution in [0.2, 0.25) is 0 Å². The second-order valence-electron chi connectivity index (χ2n) is 10.7. The van der Waals surface area contributed by atoms with Gasteiger partial charge in [0.25, 0.3) is 0 Å². The Morgan fingerprint density at radius 2 is 0.857 bits per heavy atom. The predicted octanol–water partition coefficient (Wildman–Crippen LogP) is 11.7. The Balaban J connectivity index is 1.48. The van der Waals surface area contributed by atoms with Crippen molar-refractivity contribution >= 4 is 44.6 Å². The van der Waals surface area contributed by atoms with Crippen molar-refractivity contribution in [3.05, 3.63) is 180 Å². The molecular weight excluding hydrogens is 506 g/mol. The minimum absolute atomic E-state index is 1.12. The van der Waals surface area contributed by atoms with Gasteiger partial charge in [0.15, 0.2) is 0 Å². The summed E-state index contributed by atoms with van der Waals surface area (Å²) in [6.45, 7) is 6.73. The number of rotatable bonds is 7. The fourth-order valence-corrected chi connectivity index (χ4v) is 5.76. The lowest BCUT2D eigenvalue weighted by atomic mass is 9.87. The van der Waals surface area contributed by atoms with Gasteiger partial charge in [-0.2, -0.15) is 0 Å². The molecule has 42 heavy (non-hydrogen) atoms. The summed E-state index contributed by atoms with van der Waals surface area (Å²) in [5, 5.41) is 2.47. The molecule has 0 fully saturated rings. The van der Waals surface area contributed by atoms with Crippen molar-refractivity contribution in [2.75, 3.05) is 4.90 Å². The Hall–Kier alpha value is -5.14. The summed E-state index contributed by atoms with van der Waals surface area (Å²) >= 11 is 0. The monoisotopic (exact) mass is 541 g/mol. The molecule has 0 amide bonds. The molecule has 6 rings (SSSR count). The van der Waals surface area contributed by atoms with Gasteiger partial charge in [-0.25, -0.2) is 0 Å². The summed E-state index contributed by atoms with van der Waals surface area (Å²) in [6, 6.07) is 56.3. The third-order valence-electron chi connectivity index (χ3n) is 8.15. The van der Waals surface area contributed by atoms with Crippen LogP contribution < -0.4 is 4.90 Å². The molecule has 0 radical (unpaired) electrons. The zero-order chi connectivity index (χ0) is 28.9. The smallest absolute Gasteiger partial charge is 0.0468 e. The number of hydrogen-bond acceptors (Lipinski definition) is 1. The van der Waals surface area contributed by atoms with E-state index in [4.69, 9.17) is 0 Å². The fourth-order valence-electron chi connectivity index (χ4n) is 5.76. The van der Waals surface area contributed by atoms with E-state index in [1.807, 2.05) is 0 Å². The minimum Gasteiger partial charge on any atom is -0.310 e. The second kappa shape index (κ2) is 12.2. The Morgan fingerprint density at radius 1 is 0.381 bits per heavy atom. The molecule has 204 valence electrons. The molecule has 1 nitrogen and oxygen atoms in total. The van der Waals surface area contributed by atoms with Crippen molar-refractivity contribution < 1.29 is 0 Å². The molecule has 6 aromatic carbocycles. The molecule has 0 atom stereocenters. The van der Waals surface area contributed by atoms with Crippen LogP contribution in [0.3, 0.4) is 0 Å². The third kappa shape index (κ3) is 5.55. The van der Waals surface area contributed by atoms with E-state index in [9.17, 15) is 0 Å². The molecule has 0 aliphatic heterocycles. The topological polar surface area (TPSA) is 3.24 Å². The molecule has 0 heterocycles. The van der Waals surface area contributed by atoms with Gasteiger partial charge in [-0.05, 0) is 107 Å². The summed E-state index contributed by atoms with van der Waals surface area (Å²) in [7, 11) is 0. The average molecular weight is 542 g/mol. The molecule has 0 spiro atoms. The van der Waals surface area contributed by atoms with Crippen LogP contribution in [0.5, 0.6) is 0 Å². The highest BCUT2D eigenvalue weighted by Crippen LogP contribution is 2.39. The maximum atomic E-state index is 2.33. The van der Waals surface area contributed by atoms with Crippen molar-refractivity contribution in [2.24, 2.45) is 0 Å². The molecule has 6 aromatic rings. The molecule has 0 saturated heterocycles. The Kier molecular flexibility index (Phi) is 7.83. The highest BCUT2D eigenvalue weighted by molar-refractivity contribution is 6.01. The third-order valence-corrected chi connectivity index (χ3v) is 8.15. The van der Waals surface area contributed by atoms with E-state index in [0.29, 0.717) is 0 Å². The van der Waals surface area contributed by atoms with E-state index in [-0.39, 0.29) is 0 Å². The second-order valence-corrected chi connectivity index (χ2v) is 10.7. The zero-order valence-electron chi connectivity index (χ0n) is 24.5.